The number of hydrogen-bond acceptors (Lipinski definition) is 7. The molecule has 0 spiro atoms. The van der Waals surface area contributed by atoms with Crippen LogP contribution in [-0.4, -0.2) is 40.8 Å². The van der Waals surface area contributed by atoms with Gasteiger partial charge in [-0.3, -0.25) is 10.2 Å². The fourth-order valence-corrected chi connectivity index (χ4v) is 5.05. The lowest BCUT2D eigenvalue weighted by Crippen LogP contribution is -2.26. The van der Waals surface area contributed by atoms with E-state index in [9.17, 15) is 14.7 Å². The highest BCUT2D eigenvalue weighted by Gasteiger charge is 2.31. The van der Waals surface area contributed by atoms with Crippen LogP contribution in [0.25, 0.3) is 16.8 Å². The summed E-state index contributed by atoms with van der Waals surface area (Å²) >= 11 is 13.1. The molecule has 2 N–H and O–H groups in total. The molecule has 5 rings (SSSR count). The average Bonchev–Trinajstić information content (AvgIpc) is 3.51. The normalized spacial score (nSPS) is 13.2. The third kappa shape index (κ3) is 5.33. The van der Waals surface area contributed by atoms with E-state index in [1.165, 1.54) is 11.3 Å². The Morgan fingerprint density at radius 2 is 1.68 bits per heavy atom. The van der Waals surface area contributed by atoms with Gasteiger partial charge in [0.1, 0.15) is 16.6 Å². The number of hydrogen-bond donors (Lipinski definition) is 2. The van der Waals surface area contributed by atoms with E-state index in [4.69, 9.17) is 33.3 Å². The largest absolute Gasteiger partial charge is 0.510 e. The van der Waals surface area contributed by atoms with Gasteiger partial charge in [-0.25, -0.2) is 9.78 Å². The molecule has 2 heterocycles. The van der Waals surface area contributed by atoms with Crippen molar-refractivity contribution in [3.05, 3.63) is 110 Å². The Balaban J connectivity index is 1.28. The minimum atomic E-state index is -0.676. The number of ether oxygens (including phenoxy) is 1. The lowest BCUT2D eigenvalue weighted by molar-refractivity contribution is 0.0475. The minimum absolute atomic E-state index is 0.00791. The summed E-state index contributed by atoms with van der Waals surface area (Å²) in [4.78, 5) is 31.2. The van der Waals surface area contributed by atoms with Crippen molar-refractivity contribution in [2.45, 2.75) is 0 Å². The summed E-state index contributed by atoms with van der Waals surface area (Å²) < 4.78 is 5.21. The molecule has 0 fully saturated rings. The number of aliphatic hydroxyl groups excluding tert-OH is 1. The number of thiazole rings is 1. The number of aromatic nitrogens is 1. The number of aliphatic hydroxyl groups is 1. The van der Waals surface area contributed by atoms with Crippen molar-refractivity contribution >= 4 is 63.4 Å². The Bertz CT molecular complexity index is 1580. The summed E-state index contributed by atoms with van der Waals surface area (Å²) in [5.41, 5.74) is 3.04. The quantitative estimate of drug-likeness (QED) is 0.187. The number of amidine groups is 1. The smallest absolute Gasteiger partial charge is 0.338 e. The number of ketones is 1. The molecule has 0 amide bonds. The van der Waals surface area contributed by atoms with Gasteiger partial charge in [-0.1, -0.05) is 41.4 Å². The van der Waals surface area contributed by atoms with Crippen LogP contribution < -0.4 is 4.90 Å². The monoisotopic (exact) mass is 563 g/mol. The van der Waals surface area contributed by atoms with E-state index >= 15 is 0 Å². The van der Waals surface area contributed by atoms with Gasteiger partial charge in [0.15, 0.2) is 12.4 Å². The van der Waals surface area contributed by atoms with Gasteiger partial charge in [0.25, 0.3) is 0 Å². The molecular weight excluding hydrogens is 545 g/mol. The second-order valence-corrected chi connectivity index (χ2v) is 10.1. The highest BCUT2D eigenvalue weighted by molar-refractivity contribution is 7.11. The molecule has 0 atom stereocenters. The van der Waals surface area contributed by atoms with Gasteiger partial charge in [0.05, 0.1) is 23.4 Å². The number of benzene rings is 3. The maximum atomic E-state index is 12.6. The molecular formula is C28H19Cl2N3O4S. The number of rotatable bonds is 7. The van der Waals surface area contributed by atoms with Crippen molar-refractivity contribution in [1.82, 2.24) is 4.98 Å². The number of nitrogens with one attached hydrogen (secondary N) is 1. The van der Waals surface area contributed by atoms with Gasteiger partial charge in [0, 0.05) is 32.2 Å². The first-order chi connectivity index (χ1) is 18.3. The fraction of sp³-hybridized carbons (Fsp3) is 0.0714. The van der Waals surface area contributed by atoms with Crippen LogP contribution >= 0.6 is 34.5 Å². The minimum Gasteiger partial charge on any atom is -0.510 e. The summed E-state index contributed by atoms with van der Waals surface area (Å²) in [7, 11) is 0. The van der Waals surface area contributed by atoms with Gasteiger partial charge in [-0.15, -0.1) is 11.3 Å². The second-order valence-electron chi connectivity index (χ2n) is 8.36. The molecule has 38 heavy (non-hydrogen) atoms. The Morgan fingerprint density at radius 1 is 1.00 bits per heavy atom. The fourth-order valence-electron chi connectivity index (χ4n) is 3.90. The molecule has 4 aromatic rings. The number of Topliss-reactive ketones (excluding diaryl/α,β-unsaturated/α-hetero) is 1. The Kier molecular flexibility index (Phi) is 7.28. The molecule has 190 valence electrons. The first kappa shape index (κ1) is 25.7. The second kappa shape index (κ2) is 10.8. The first-order valence-corrected chi connectivity index (χ1v) is 13.0. The van der Waals surface area contributed by atoms with Crippen LogP contribution in [0.3, 0.4) is 0 Å². The van der Waals surface area contributed by atoms with Crippen LogP contribution in [0.2, 0.25) is 10.0 Å². The maximum absolute atomic E-state index is 12.6. The molecule has 0 saturated heterocycles. The maximum Gasteiger partial charge on any atom is 0.338 e. The number of carbonyl (C=O) groups is 2. The van der Waals surface area contributed by atoms with E-state index < -0.39 is 12.6 Å². The van der Waals surface area contributed by atoms with E-state index in [1.54, 1.807) is 65.6 Å². The number of halogens is 2. The Morgan fingerprint density at radius 3 is 2.39 bits per heavy atom. The van der Waals surface area contributed by atoms with Gasteiger partial charge in [-0.05, 0) is 54.6 Å². The SMILES string of the molecule is N=C1C(c2nc(-c3ccc(Cl)cc3)cs2)=C(O)CN1c1cccc(C(=O)OCC(=O)c2ccc(Cl)cc2)c1. The van der Waals surface area contributed by atoms with Crippen molar-refractivity contribution in [2.24, 2.45) is 0 Å². The number of anilines is 1. The zero-order valence-corrected chi connectivity index (χ0v) is 22.0. The number of esters is 1. The van der Waals surface area contributed by atoms with Crippen LogP contribution in [0.5, 0.6) is 0 Å². The number of carbonyl (C=O) groups excluding carboxylic acids is 2. The Hall–Kier alpha value is -3.98. The van der Waals surface area contributed by atoms with E-state index in [-0.39, 0.29) is 29.5 Å². The van der Waals surface area contributed by atoms with Crippen molar-refractivity contribution in [3.8, 4) is 11.3 Å². The van der Waals surface area contributed by atoms with Gasteiger partial charge >= 0.3 is 5.97 Å². The molecule has 1 aliphatic rings. The molecule has 10 heteroatoms. The molecule has 1 aromatic heterocycles. The highest BCUT2D eigenvalue weighted by Crippen LogP contribution is 2.35. The average molecular weight is 564 g/mol. The molecule has 0 unspecified atom stereocenters. The predicted molar refractivity (Wildman–Crippen MR) is 150 cm³/mol. The molecule has 3 aromatic carbocycles. The van der Waals surface area contributed by atoms with Crippen LogP contribution in [0.1, 0.15) is 25.7 Å². The zero-order chi connectivity index (χ0) is 26.8. The number of nitrogens with zero attached hydrogens (tertiary/aromatic N) is 2. The Labute approximate surface area is 232 Å². The van der Waals surface area contributed by atoms with Gasteiger partial charge in [0.2, 0.25) is 0 Å². The molecule has 0 bridgehead atoms. The van der Waals surface area contributed by atoms with Gasteiger partial charge < -0.3 is 14.7 Å². The van der Waals surface area contributed by atoms with E-state index in [0.29, 0.717) is 37.6 Å². The summed E-state index contributed by atoms with van der Waals surface area (Å²) in [6.07, 6.45) is 0. The third-order valence-corrected chi connectivity index (χ3v) is 7.22. The molecule has 1 aliphatic heterocycles. The molecule has 0 saturated carbocycles. The first-order valence-electron chi connectivity index (χ1n) is 11.4. The zero-order valence-electron chi connectivity index (χ0n) is 19.7. The molecule has 0 aliphatic carbocycles. The molecule has 0 radical (unpaired) electrons. The van der Waals surface area contributed by atoms with Crippen molar-refractivity contribution < 1.29 is 19.4 Å². The van der Waals surface area contributed by atoms with Crippen molar-refractivity contribution in [2.75, 3.05) is 18.1 Å². The summed E-state index contributed by atoms with van der Waals surface area (Å²) in [5.74, 6) is -0.964. The lowest BCUT2D eigenvalue weighted by Gasteiger charge is -2.19. The standard InChI is InChI=1S/C28H19Cl2N3O4S/c29-19-8-4-16(5-9-19)22-15-38-27(32-22)25-23(34)13-33(26(25)31)21-3-1-2-18(12-21)28(36)37-14-24(35)17-6-10-20(30)11-7-17/h1-12,15,31,34H,13-14H2. The topological polar surface area (TPSA) is 104 Å². The van der Waals surface area contributed by atoms with Crippen molar-refractivity contribution in [3.63, 3.8) is 0 Å². The van der Waals surface area contributed by atoms with Crippen LogP contribution in [0.4, 0.5) is 5.69 Å². The lowest BCUT2D eigenvalue weighted by atomic mass is 10.1. The molecule has 7 nitrogen and oxygen atoms in total. The van der Waals surface area contributed by atoms with Crippen LogP contribution in [0.15, 0.2) is 83.9 Å². The van der Waals surface area contributed by atoms with Crippen LogP contribution in [0, 0.1) is 5.41 Å². The van der Waals surface area contributed by atoms with Crippen molar-refractivity contribution in [1.29, 1.82) is 5.41 Å². The van der Waals surface area contributed by atoms with Gasteiger partial charge in [-0.2, -0.15) is 0 Å². The van der Waals surface area contributed by atoms with E-state index in [0.717, 1.165) is 5.56 Å². The summed E-state index contributed by atoms with van der Waals surface area (Å²) in [6, 6.07) is 20.1. The summed E-state index contributed by atoms with van der Waals surface area (Å²) in [6.45, 7) is -0.367. The van der Waals surface area contributed by atoms with E-state index in [2.05, 4.69) is 4.98 Å². The van der Waals surface area contributed by atoms with Crippen LogP contribution in [-0.2, 0) is 4.74 Å². The highest BCUT2D eigenvalue weighted by atomic mass is 35.5. The summed E-state index contributed by atoms with van der Waals surface area (Å²) in [5, 5.41) is 22.9. The van der Waals surface area contributed by atoms with E-state index in [1.807, 2.05) is 17.5 Å². The predicted octanol–water partition coefficient (Wildman–Crippen LogP) is 6.92. The third-order valence-electron chi connectivity index (χ3n) is 5.86.